The van der Waals surface area contributed by atoms with Gasteiger partial charge in [-0.1, -0.05) is 12.8 Å². The number of pyridine rings is 1. The molecule has 14 heavy (non-hydrogen) atoms. The minimum Gasteiger partial charge on any atom is -0.323 e. The summed E-state index contributed by atoms with van der Waals surface area (Å²) in [7, 11) is 0. The molecule has 0 aliphatic heterocycles. The molecule has 1 heterocycles. The molecule has 0 aromatic carbocycles. The van der Waals surface area contributed by atoms with Crippen LogP contribution < -0.4 is 5.73 Å². The lowest BCUT2D eigenvalue weighted by molar-refractivity contribution is 0.567. The monoisotopic (exact) mass is 194 g/mol. The van der Waals surface area contributed by atoms with Crippen LogP contribution >= 0.6 is 0 Å². The molecule has 1 aromatic rings. The lowest BCUT2D eigenvalue weighted by Crippen LogP contribution is -2.13. The van der Waals surface area contributed by atoms with E-state index in [1.807, 2.05) is 0 Å². The third-order valence-electron chi connectivity index (χ3n) is 2.71. The van der Waals surface area contributed by atoms with Crippen molar-refractivity contribution in [1.82, 2.24) is 4.98 Å². The molecule has 1 aliphatic carbocycles. The Hall–Kier alpha value is -0.960. The van der Waals surface area contributed by atoms with E-state index in [1.165, 1.54) is 18.9 Å². The van der Waals surface area contributed by atoms with Crippen LogP contribution in [0.1, 0.15) is 36.7 Å². The van der Waals surface area contributed by atoms with Gasteiger partial charge in [0.1, 0.15) is 5.82 Å². The van der Waals surface area contributed by atoms with Gasteiger partial charge in [-0.15, -0.1) is 0 Å². The maximum atomic E-state index is 12.9. The summed E-state index contributed by atoms with van der Waals surface area (Å²) in [6.07, 6.45) is 3.56. The number of halogens is 1. The maximum absolute atomic E-state index is 12.9. The lowest BCUT2D eigenvalue weighted by Gasteiger charge is -2.10. The Labute approximate surface area is 83.3 Å². The van der Waals surface area contributed by atoms with E-state index >= 15 is 0 Å². The average Bonchev–Trinajstić information content (AvgIpc) is 2.93. The molecular formula is C11H15FN2. The van der Waals surface area contributed by atoms with Gasteiger partial charge in [0.15, 0.2) is 0 Å². The van der Waals surface area contributed by atoms with Gasteiger partial charge in [0, 0.05) is 6.04 Å². The van der Waals surface area contributed by atoms with Crippen molar-refractivity contribution < 1.29 is 4.39 Å². The van der Waals surface area contributed by atoms with Crippen LogP contribution in [-0.4, -0.2) is 4.98 Å². The van der Waals surface area contributed by atoms with Crippen molar-refractivity contribution in [2.75, 3.05) is 0 Å². The summed E-state index contributed by atoms with van der Waals surface area (Å²) in [5.74, 6) is 0.518. The molecule has 0 amide bonds. The molecular weight excluding hydrogens is 179 g/mol. The lowest BCUT2D eigenvalue weighted by atomic mass is 10.1. The number of nitrogens with two attached hydrogens (primary N) is 1. The number of hydrogen-bond donors (Lipinski definition) is 1. The summed E-state index contributed by atoms with van der Waals surface area (Å²) in [6, 6.07) is 3.11. The third-order valence-corrected chi connectivity index (χ3v) is 2.71. The molecule has 3 heteroatoms. The standard InChI is InChI=1S/C11H15FN2/c1-7-9(12)4-5-11(14-7)10(13)6-8-2-3-8/h4-5,8,10H,2-3,6,13H2,1H3/t10-/m1/s1. The predicted octanol–water partition coefficient (Wildman–Crippen LogP) is 2.33. The largest absolute Gasteiger partial charge is 0.323 e. The molecule has 0 saturated heterocycles. The highest BCUT2D eigenvalue weighted by Crippen LogP contribution is 2.36. The van der Waals surface area contributed by atoms with E-state index in [9.17, 15) is 4.39 Å². The first-order chi connectivity index (χ1) is 6.66. The van der Waals surface area contributed by atoms with Crippen LogP contribution in [0.4, 0.5) is 4.39 Å². The fourth-order valence-corrected chi connectivity index (χ4v) is 1.60. The van der Waals surface area contributed by atoms with Crippen LogP contribution in [0, 0.1) is 18.7 Å². The fraction of sp³-hybridized carbons (Fsp3) is 0.545. The van der Waals surface area contributed by atoms with Crippen molar-refractivity contribution in [3.63, 3.8) is 0 Å². The molecule has 1 aromatic heterocycles. The van der Waals surface area contributed by atoms with Crippen LogP contribution in [0.3, 0.4) is 0 Å². The first-order valence-corrected chi connectivity index (χ1v) is 5.05. The minimum atomic E-state index is -0.257. The van der Waals surface area contributed by atoms with Crippen molar-refractivity contribution in [3.05, 3.63) is 29.3 Å². The van der Waals surface area contributed by atoms with Gasteiger partial charge in [-0.05, 0) is 31.4 Å². The summed E-state index contributed by atoms with van der Waals surface area (Å²) < 4.78 is 12.9. The fourth-order valence-electron chi connectivity index (χ4n) is 1.60. The van der Waals surface area contributed by atoms with Crippen molar-refractivity contribution in [3.8, 4) is 0 Å². The van der Waals surface area contributed by atoms with Crippen LogP contribution in [0.25, 0.3) is 0 Å². The van der Waals surface area contributed by atoms with Gasteiger partial charge in [0.25, 0.3) is 0 Å². The Bertz CT molecular complexity index is 334. The molecule has 1 aliphatic rings. The Morgan fingerprint density at radius 2 is 2.29 bits per heavy atom. The molecule has 1 saturated carbocycles. The Balaban J connectivity index is 2.10. The second-order valence-electron chi connectivity index (χ2n) is 4.09. The van der Waals surface area contributed by atoms with Gasteiger partial charge in [-0.3, -0.25) is 4.98 Å². The van der Waals surface area contributed by atoms with Crippen molar-refractivity contribution >= 4 is 0 Å². The molecule has 0 unspecified atom stereocenters. The first-order valence-electron chi connectivity index (χ1n) is 5.05. The second kappa shape index (κ2) is 3.65. The highest BCUT2D eigenvalue weighted by atomic mass is 19.1. The van der Waals surface area contributed by atoms with Crippen LogP contribution in [0.15, 0.2) is 12.1 Å². The third kappa shape index (κ3) is 2.10. The Morgan fingerprint density at radius 3 is 2.86 bits per heavy atom. The molecule has 76 valence electrons. The van der Waals surface area contributed by atoms with Crippen LogP contribution in [0.5, 0.6) is 0 Å². The summed E-state index contributed by atoms with van der Waals surface area (Å²) in [6.45, 7) is 1.67. The Kier molecular flexibility index (Phi) is 2.50. The number of aromatic nitrogens is 1. The van der Waals surface area contributed by atoms with E-state index in [0.29, 0.717) is 5.69 Å². The summed E-state index contributed by atoms with van der Waals surface area (Å²) in [5.41, 5.74) is 7.22. The number of nitrogens with zero attached hydrogens (tertiary/aromatic N) is 1. The van der Waals surface area contributed by atoms with Gasteiger partial charge in [-0.2, -0.15) is 0 Å². The highest BCUT2D eigenvalue weighted by molar-refractivity contribution is 5.15. The van der Waals surface area contributed by atoms with E-state index in [2.05, 4.69) is 4.98 Å². The molecule has 2 rings (SSSR count). The zero-order valence-electron chi connectivity index (χ0n) is 8.33. The molecule has 1 fully saturated rings. The molecule has 2 N–H and O–H groups in total. The highest BCUT2D eigenvalue weighted by Gasteiger charge is 2.25. The number of rotatable bonds is 3. The first kappa shape index (κ1) is 9.59. The second-order valence-corrected chi connectivity index (χ2v) is 4.09. The van der Waals surface area contributed by atoms with Crippen LogP contribution in [-0.2, 0) is 0 Å². The molecule has 2 nitrogen and oxygen atoms in total. The van der Waals surface area contributed by atoms with Crippen molar-refractivity contribution in [2.45, 2.75) is 32.2 Å². The molecule has 0 radical (unpaired) electrons. The molecule has 1 atom stereocenters. The topological polar surface area (TPSA) is 38.9 Å². The van der Waals surface area contributed by atoms with Crippen LogP contribution in [0.2, 0.25) is 0 Å². The van der Waals surface area contributed by atoms with E-state index in [0.717, 1.165) is 18.0 Å². The molecule has 0 spiro atoms. The number of aryl methyl sites for hydroxylation is 1. The van der Waals surface area contributed by atoms with Gasteiger partial charge < -0.3 is 5.73 Å². The van der Waals surface area contributed by atoms with Gasteiger partial charge >= 0.3 is 0 Å². The normalized spacial score (nSPS) is 18.2. The maximum Gasteiger partial charge on any atom is 0.144 e. The average molecular weight is 194 g/mol. The predicted molar refractivity (Wildman–Crippen MR) is 53.2 cm³/mol. The van der Waals surface area contributed by atoms with E-state index in [1.54, 1.807) is 13.0 Å². The van der Waals surface area contributed by atoms with E-state index < -0.39 is 0 Å². The number of hydrogen-bond acceptors (Lipinski definition) is 2. The summed E-state index contributed by atoms with van der Waals surface area (Å²) in [5, 5.41) is 0. The smallest absolute Gasteiger partial charge is 0.144 e. The zero-order valence-corrected chi connectivity index (χ0v) is 8.33. The quantitative estimate of drug-likeness (QED) is 0.802. The summed E-state index contributed by atoms with van der Waals surface area (Å²) >= 11 is 0. The molecule has 0 bridgehead atoms. The van der Waals surface area contributed by atoms with Crippen molar-refractivity contribution in [2.24, 2.45) is 11.7 Å². The Morgan fingerprint density at radius 1 is 1.57 bits per heavy atom. The van der Waals surface area contributed by atoms with Gasteiger partial charge in [-0.25, -0.2) is 4.39 Å². The summed E-state index contributed by atoms with van der Waals surface area (Å²) in [4.78, 5) is 4.15. The SMILES string of the molecule is Cc1nc([C@H](N)CC2CC2)ccc1F. The minimum absolute atomic E-state index is 0.0261. The van der Waals surface area contributed by atoms with Crippen molar-refractivity contribution in [1.29, 1.82) is 0 Å². The van der Waals surface area contributed by atoms with E-state index in [4.69, 9.17) is 5.73 Å². The van der Waals surface area contributed by atoms with Gasteiger partial charge in [0.05, 0.1) is 11.4 Å². The van der Waals surface area contributed by atoms with Gasteiger partial charge in [0.2, 0.25) is 0 Å². The zero-order chi connectivity index (χ0) is 10.1. The van der Waals surface area contributed by atoms with E-state index in [-0.39, 0.29) is 11.9 Å².